The highest BCUT2D eigenvalue weighted by Crippen LogP contribution is 2.47. The summed E-state index contributed by atoms with van der Waals surface area (Å²) in [6.45, 7) is 5.16. The van der Waals surface area contributed by atoms with Gasteiger partial charge in [0, 0.05) is 23.5 Å². The second kappa shape index (κ2) is 11.0. The van der Waals surface area contributed by atoms with E-state index in [0.29, 0.717) is 6.61 Å². The number of nitrogens with zero attached hydrogens (tertiary/aromatic N) is 1. The van der Waals surface area contributed by atoms with Crippen LogP contribution in [0.15, 0.2) is 72.8 Å². The molecule has 0 spiro atoms. The molecular weight excluding hydrogens is 422 g/mol. The first kappa shape index (κ1) is 22.8. The van der Waals surface area contributed by atoms with Gasteiger partial charge in [0.15, 0.2) is 0 Å². The zero-order valence-corrected chi connectivity index (χ0v) is 19.9. The van der Waals surface area contributed by atoms with E-state index in [4.69, 9.17) is 9.47 Å². The Morgan fingerprint density at radius 2 is 1.65 bits per heavy atom. The molecule has 2 heterocycles. The van der Waals surface area contributed by atoms with E-state index in [1.54, 1.807) is 12.1 Å². The van der Waals surface area contributed by atoms with Crippen molar-refractivity contribution in [1.82, 2.24) is 4.90 Å². The molecule has 3 aromatic rings. The molecule has 1 N–H and O–H groups in total. The molecule has 2 atom stereocenters. The highest BCUT2D eigenvalue weighted by molar-refractivity contribution is 5.50. The summed E-state index contributed by atoms with van der Waals surface area (Å²) in [4.78, 5) is 2.58. The molecule has 2 aliphatic rings. The molecule has 0 unspecified atom stereocenters. The van der Waals surface area contributed by atoms with Crippen molar-refractivity contribution in [3.8, 4) is 17.2 Å². The number of fused-ring (bicyclic) bond motifs is 1. The smallest absolute Gasteiger partial charge is 0.126 e. The van der Waals surface area contributed by atoms with E-state index in [1.807, 2.05) is 12.1 Å². The third kappa shape index (κ3) is 5.39. The fraction of sp³-hybridized carbons (Fsp3) is 0.400. The van der Waals surface area contributed by atoms with E-state index in [1.165, 1.54) is 56.4 Å². The molecule has 5 rings (SSSR count). The SMILES string of the molecule is Oc1ccc2c(c1)OC[C@H](c1ccccc1)[C@@H]2c1ccc(OCCCCCN2CCCC2)cc1. The van der Waals surface area contributed by atoms with Crippen LogP contribution in [0, 0.1) is 0 Å². The van der Waals surface area contributed by atoms with Crippen molar-refractivity contribution in [3.63, 3.8) is 0 Å². The lowest BCUT2D eigenvalue weighted by Crippen LogP contribution is -2.25. The van der Waals surface area contributed by atoms with Crippen molar-refractivity contribution in [2.45, 2.75) is 43.9 Å². The number of benzene rings is 3. The molecule has 2 aliphatic heterocycles. The molecule has 4 nitrogen and oxygen atoms in total. The molecule has 178 valence electrons. The Labute approximate surface area is 203 Å². The normalized spacial score (nSPS) is 20.0. The summed E-state index contributed by atoms with van der Waals surface area (Å²) < 4.78 is 12.1. The summed E-state index contributed by atoms with van der Waals surface area (Å²) in [6, 6.07) is 24.6. The summed E-state index contributed by atoms with van der Waals surface area (Å²) in [6.07, 6.45) is 6.32. The highest BCUT2D eigenvalue weighted by Gasteiger charge is 2.33. The Morgan fingerprint density at radius 1 is 0.853 bits per heavy atom. The number of likely N-dealkylation sites (tertiary alicyclic amines) is 1. The van der Waals surface area contributed by atoms with Crippen molar-refractivity contribution >= 4 is 0 Å². The summed E-state index contributed by atoms with van der Waals surface area (Å²) >= 11 is 0. The Bertz CT molecular complexity index is 1040. The van der Waals surface area contributed by atoms with E-state index in [0.717, 1.165) is 30.1 Å². The fourth-order valence-corrected chi connectivity index (χ4v) is 5.38. The van der Waals surface area contributed by atoms with Crippen LogP contribution in [0.2, 0.25) is 0 Å². The third-order valence-corrected chi connectivity index (χ3v) is 7.21. The molecule has 1 fully saturated rings. The van der Waals surface area contributed by atoms with Gasteiger partial charge in [-0.05, 0) is 81.1 Å². The first-order valence-corrected chi connectivity index (χ1v) is 12.7. The Balaban J connectivity index is 1.24. The maximum absolute atomic E-state index is 9.96. The molecule has 4 heteroatoms. The van der Waals surface area contributed by atoms with E-state index in [9.17, 15) is 5.11 Å². The Hall–Kier alpha value is -2.98. The lowest BCUT2D eigenvalue weighted by molar-refractivity contribution is 0.247. The van der Waals surface area contributed by atoms with Gasteiger partial charge in [-0.2, -0.15) is 0 Å². The number of hydrogen-bond donors (Lipinski definition) is 1. The Morgan fingerprint density at radius 3 is 2.44 bits per heavy atom. The molecule has 34 heavy (non-hydrogen) atoms. The van der Waals surface area contributed by atoms with Crippen LogP contribution in [0.5, 0.6) is 17.2 Å². The van der Waals surface area contributed by atoms with Crippen molar-refractivity contribution in [1.29, 1.82) is 0 Å². The topological polar surface area (TPSA) is 41.9 Å². The zero-order chi connectivity index (χ0) is 23.2. The van der Waals surface area contributed by atoms with Crippen molar-refractivity contribution in [3.05, 3.63) is 89.5 Å². The second-order valence-electron chi connectivity index (χ2n) is 9.55. The van der Waals surface area contributed by atoms with Crippen LogP contribution in [0.1, 0.15) is 60.6 Å². The number of phenolic OH excluding ortho intramolecular Hbond substituents is 1. The summed E-state index contributed by atoms with van der Waals surface area (Å²) in [5, 5.41) is 9.96. The van der Waals surface area contributed by atoms with Crippen molar-refractivity contribution < 1.29 is 14.6 Å². The van der Waals surface area contributed by atoms with Crippen molar-refractivity contribution in [2.24, 2.45) is 0 Å². The van der Waals surface area contributed by atoms with E-state index < -0.39 is 0 Å². The maximum Gasteiger partial charge on any atom is 0.126 e. The predicted octanol–water partition coefficient (Wildman–Crippen LogP) is 6.35. The number of rotatable bonds is 9. The molecule has 0 amide bonds. The minimum atomic E-state index is 0.159. The van der Waals surface area contributed by atoms with Gasteiger partial charge in [-0.25, -0.2) is 0 Å². The number of phenols is 1. The number of hydrogen-bond acceptors (Lipinski definition) is 4. The zero-order valence-electron chi connectivity index (χ0n) is 19.9. The van der Waals surface area contributed by atoms with Gasteiger partial charge in [-0.3, -0.25) is 0 Å². The monoisotopic (exact) mass is 457 g/mol. The second-order valence-corrected chi connectivity index (χ2v) is 9.55. The summed E-state index contributed by atoms with van der Waals surface area (Å²) in [5.74, 6) is 2.30. The minimum absolute atomic E-state index is 0.159. The van der Waals surface area contributed by atoms with Gasteiger partial charge in [0.1, 0.15) is 17.2 Å². The van der Waals surface area contributed by atoms with E-state index in [2.05, 4.69) is 53.4 Å². The van der Waals surface area contributed by atoms with Gasteiger partial charge in [-0.1, -0.05) is 48.5 Å². The van der Waals surface area contributed by atoms with Gasteiger partial charge in [0.05, 0.1) is 13.2 Å². The minimum Gasteiger partial charge on any atom is -0.508 e. The average molecular weight is 458 g/mol. The summed E-state index contributed by atoms with van der Waals surface area (Å²) in [5.41, 5.74) is 3.62. The van der Waals surface area contributed by atoms with Gasteiger partial charge in [0.2, 0.25) is 0 Å². The lowest BCUT2D eigenvalue weighted by Gasteiger charge is -2.34. The molecular formula is C30H35NO3. The number of unbranched alkanes of at least 4 members (excludes halogenated alkanes) is 2. The van der Waals surface area contributed by atoms with Crippen LogP contribution in [-0.2, 0) is 0 Å². The predicted molar refractivity (Wildman–Crippen MR) is 136 cm³/mol. The maximum atomic E-state index is 9.96. The largest absolute Gasteiger partial charge is 0.508 e. The van der Waals surface area contributed by atoms with Crippen LogP contribution < -0.4 is 9.47 Å². The molecule has 1 saturated heterocycles. The lowest BCUT2D eigenvalue weighted by atomic mass is 9.76. The van der Waals surface area contributed by atoms with Gasteiger partial charge >= 0.3 is 0 Å². The first-order chi connectivity index (χ1) is 16.8. The Kier molecular flexibility index (Phi) is 7.35. The third-order valence-electron chi connectivity index (χ3n) is 7.21. The van der Waals surface area contributed by atoms with Gasteiger partial charge < -0.3 is 19.5 Å². The van der Waals surface area contributed by atoms with Gasteiger partial charge in [0.25, 0.3) is 0 Å². The number of aromatic hydroxyl groups is 1. The molecule has 0 saturated carbocycles. The van der Waals surface area contributed by atoms with Crippen LogP contribution >= 0.6 is 0 Å². The van der Waals surface area contributed by atoms with Gasteiger partial charge in [-0.15, -0.1) is 0 Å². The van der Waals surface area contributed by atoms with Crippen LogP contribution in [0.4, 0.5) is 0 Å². The highest BCUT2D eigenvalue weighted by atomic mass is 16.5. The average Bonchev–Trinajstić information content (AvgIpc) is 3.40. The van der Waals surface area contributed by atoms with Crippen molar-refractivity contribution in [2.75, 3.05) is 32.8 Å². The van der Waals surface area contributed by atoms with Crippen LogP contribution in [0.25, 0.3) is 0 Å². The van der Waals surface area contributed by atoms with Crippen LogP contribution in [0.3, 0.4) is 0 Å². The molecule has 0 radical (unpaired) electrons. The quantitative estimate of drug-likeness (QED) is 0.381. The van der Waals surface area contributed by atoms with E-state index >= 15 is 0 Å². The van der Waals surface area contributed by atoms with E-state index in [-0.39, 0.29) is 17.6 Å². The molecule has 0 aliphatic carbocycles. The first-order valence-electron chi connectivity index (χ1n) is 12.7. The molecule has 0 bridgehead atoms. The summed E-state index contributed by atoms with van der Waals surface area (Å²) in [7, 11) is 0. The molecule has 3 aromatic carbocycles. The molecule has 0 aromatic heterocycles. The number of ether oxygens (including phenoxy) is 2. The fourth-order valence-electron chi connectivity index (χ4n) is 5.38. The standard InChI is InChI=1S/C30H35NO3/c32-25-13-16-27-29(21-25)34-22-28(23-9-3-1-4-10-23)30(27)24-11-14-26(15-12-24)33-20-8-2-5-17-31-18-6-7-19-31/h1,3-4,9-16,21,28,30,32H,2,5-8,17-20,22H2/t28-,30-/m1/s1. The van der Waals surface area contributed by atoms with Crippen LogP contribution in [-0.4, -0.2) is 42.9 Å².